The second-order valence-corrected chi connectivity index (χ2v) is 1.49. The molecule has 0 saturated heterocycles. The molecule has 8 heavy (non-hydrogen) atoms. The molecule has 0 rings (SSSR count). The van der Waals surface area contributed by atoms with Crippen LogP contribution in [0.3, 0.4) is 0 Å². The first-order valence-electron chi connectivity index (χ1n) is 2.45. The van der Waals surface area contributed by atoms with Crippen molar-refractivity contribution in [1.29, 1.82) is 0 Å². The standard InChI is InChI=1S/C5H11N3/c1-4-6-5-7-8(2)3/h4-5H,1-3H3/b6-4?,7-5-. The van der Waals surface area contributed by atoms with Crippen molar-refractivity contribution in [2.24, 2.45) is 10.1 Å². The number of hydrazone groups is 1. The van der Waals surface area contributed by atoms with Gasteiger partial charge < -0.3 is 5.01 Å². The summed E-state index contributed by atoms with van der Waals surface area (Å²) in [4.78, 5) is 3.75. The largest absolute Gasteiger partial charge is 0.302 e. The summed E-state index contributed by atoms with van der Waals surface area (Å²) in [6.45, 7) is 1.85. The van der Waals surface area contributed by atoms with Gasteiger partial charge in [0.2, 0.25) is 0 Å². The van der Waals surface area contributed by atoms with Gasteiger partial charge >= 0.3 is 0 Å². The SMILES string of the molecule is CC=N/C=N\N(C)C. The summed E-state index contributed by atoms with van der Waals surface area (Å²) in [5.41, 5.74) is 0. The van der Waals surface area contributed by atoms with E-state index in [2.05, 4.69) is 10.1 Å². The molecule has 0 bridgehead atoms. The summed E-state index contributed by atoms with van der Waals surface area (Å²) in [7, 11) is 3.70. The van der Waals surface area contributed by atoms with Gasteiger partial charge in [0, 0.05) is 20.3 Å². The lowest BCUT2D eigenvalue weighted by atomic mass is 10.9. The molecule has 0 aromatic carbocycles. The summed E-state index contributed by atoms with van der Waals surface area (Å²) >= 11 is 0. The minimum absolute atomic E-state index is 1.50. The first-order valence-corrected chi connectivity index (χ1v) is 2.45. The van der Waals surface area contributed by atoms with Gasteiger partial charge in [-0.15, -0.1) is 0 Å². The first-order chi connectivity index (χ1) is 3.77. The Labute approximate surface area is 49.7 Å². The van der Waals surface area contributed by atoms with E-state index < -0.39 is 0 Å². The van der Waals surface area contributed by atoms with Crippen LogP contribution >= 0.6 is 0 Å². The van der Waals surface area contributed by atoms with E-state index >= 15 is 0 Å². The quantitative estimate of drug-likeness (QED) is 0.292. The lowest BCUT2D eigenvalue weighted by molar-refractivity contribution is 0.440. The molecule has 0 unspecified atom stereocenters. The van der Waals surface area contributed by atoms with Crippen LogP contribution in [-0.4, -0.2) is 31.7 Å². The molecule has 0 saturated carbocycles. The Morgan fingerprint density at radius 3 is 2.38 bits per heavy atom. The van der Waals surface area contributed by atoms with Gasteiger partial charge in [-0.2, -0.15) is 5.10 Å². The van der Waals surface area contributed by atoms with Crippen LogP contribution in [0.1, 0.15) is 6.92 Å². The lowest BCUT2D eigenvalue weighted by Gasteiger charge is -1.98. The Kier molecular flexibility index (Phi) is 3.84. The highest BCUT2D eigenvalue weighted by molar-refractivity contribution is 5.70. The second kappa shape index (κ2) is 4.30. The summed E-state index contributed by atoms with van der Waals surface area (Å²) in [6.07, 6.45) is 3.19. The fourth-order valence-corrected chi connectivity index (χ4v) is 0.200. The van der Waals surface area contributed by atoms with Gasteiger partial charge in [0.25, 0.3) is 0 Å². The van der Waals surface area contributed by atoms with Crippen molar-refractivity contribution in [3.05, 3.63) is 0 Å². The lowest BCUT2D eigenvalue weighted by Crippen LogP contribution is -2.00. The van der Waals surface area contributed by atoms with Gasteiger partial charge in [0.1, 0.15) is 6.34 Å². The topological polar surface area (TPSA) is 28.0 Å². The average molecular weight is 113 g/mol. The smallest absolute Gasteiger partial charge is 0.135 e. The molecule has 0 heterocycles. The highest BCUT2D eigenvalue weighted by Crippen LogP contribution is 1.70. The number of rotatable bonds is 2. The highest BCUT2D eigenvalue weighted by atomic mass is 15.4. The van der Waals surface area contributed by atoms with E-state index in [1.165, 1.54) is 6.34 Å². The van der Waals surface area contributed by atoms with Crippen molar-refractivity contribution >= 4 is 12.6 Å². The summed E-state index contributed by atoms with van der Waals surface area (Å²) in [6, 6.07) is 0. The van der Waals surface area contributed by atoms with E-state index in [0.29, 0.717) is 0 Å². The van der Waals surface area contributed by atoms with Crippen LogP contribution in [0.25, 0.3) is 0 Å². The van der Waals surface area contributed by atoms with E-state index in [4.69, 9.17) is 0 Å². The van der Waals surface area contributed by atoms with Crippen molar-refractivity contribution in [3.63, 3.8) is 0 Å². The molecule has 0 aliphatic rings. The van der Waals surface area contributed by atoms with E-state index in [9.17, 15) is 0 Å². The van der Waals surface area contributed by atoms with Gasteiger partial charge in [0.15, 0.2) is 0 Å². The Balaban J connectivity index is 3.34. The maximum Gasteiger partial charge on any atom is 0.135 e. The summed E-state index contributed by atoms with van der Waals surface area (Å²) < 4.78 is 0. The first kappa shape index (κ1) is 7.14. The predicted molar refractivity (Wildman–Crippen MR) is 36.3 cm³/mol. The third-order valence-corrected chi connectivity index (χ3v) is 0.498. The molecule has 46 valence electrons. The number of hydrogen-bond acceptors (Lipinski definition) is 2. The van der Waals surface area contributed by atoms with E-state index in [-0.39, 0.29) is 0 Å². The Morgan fingerprint density at radius 1 is 1.38 bits per heavy atom. The van der Waals surface area contributed by atoms with Crippen molar-refractivity contribution in [2.45, 2.75) is 6.92 Å². The van der Waals surface area contributed by atoms with Crippen LogP contribution in [0.4, 0.5) is 0 Å². The Hall–Kier alpha value is -0.860. The number of nitrogens with zero attached hydrogens (tertiary/aromatic N) is 3. The van der Waals surface area contributed by atoms with Crippen molar-refractivity contribution < 1.29 is 0 Å². The van der Waals surface area contributed by atoms with Crippen LogP contribution in [0.2, 0.25) is 0 Å². The molecule has 0 amide bonds. The zero-order chi connectivity index (χ0) is 6.41. The molecule has 0 aromatic rings. The molecule has 0 atom stereocenters. The van der Waals surface area contributed by atoms with Crippen LogP contribution in [-0.2, 0) is 0 Å². The van der Waals surface area contributed by atoms with Crippen molar-refractivity contribution in [1.82, 2.24) is 5.01 Å². The summed E-state index contributed by atoms with van der Waals surface area (Å²) in [5, 5.41) is 5.51. The fraction of sp³-hybridized carbons (Fsp3) is 0.600. The zero-order valence-electron chi connectivity index (χ0n) is 5.50. The molecule has 0 N–H and O–H groups in total. The Morgan fingerprint density at radius 2 is 2.00 bits per heavy atom. The van der Waals surface area contributed by atoms with Gasteiger partial charge in [-0.3, -0.25) is 0 Å². The highest BCUT2D eigenvalue weighted by Gasteiger charge is 1.69. The number of aliphatic imine (C=N–C) groups is 1. The average Bonchev–Trinajstić information content (AvgIpc) is 1.66. The van der Waals surface area contributed by atoms with Gasteiger partial charge in [-0.1, -0.05) is 0 Å². The molecule has 0 radical (unpaired) electrons. The fourth-order valence-electron chi connectivity index (χ4n) is 0.200. The molecule has 0 aliphatic heterocycles. The normalized spacial score (nSPS) is 11.4. The second-order valence-electron chi connectivity index (χ2n) is 1.49. The van der Waals surface area contributed by atoms with Gasteiger partial charge in [-0.25, -0.2) is 4.99 Å². The molecule has 0 aliphatic carbocycles. The molecule has 0 fully saturated rings. The monoisotopic (exact) mass is 113 g/mol. The minimum atomic E-state index is 1.50. The van der Waals surface area contributed by atoms with Gasteiger partial charge in [0.05, 0.1) is 0 Å². The maximum atomic E-state index is 3.82. The third-order valence-electron chi connectivity index (χ3n) is 0.498. The maximum absolute atomic E-state index is 3.82. The van der Waals surface area contributed by atoms with Crippen LogP contribution < -0.4 is 0 Å². The molecular weight excluding hydrogens is 102 g/mol. The van der Waals surface area contributed by atoms with Gasteiger partial charge in [-0.05, 0) is 6.92 Å². The molecule has 0 aromatic heterocycles. The van der Waals surface area contributed by atoms with Crippen LogP contribution in [0, 0.1) is 0 Å². The Bertz CT molecular complexity index is 93.8. The van der Waals surface area contributed by atoms with E-state index in [1.54, 1.807) is 11.2 Å². The van der Waals surface area contributed by atoms with Crippen LogP contribution in [0.15, 0.2) is 10.1 Å². The summed E-state index contributed by atoms with van der Waals surface area (Å²) in [5.74, 6) is 0. The number of hydrogen-bond donors (Lipinski definition) is 0. The van der Waals surface area contributed by atoms with E-state index in [0.717, 1.165) is 0 Å². The molecular formula is C5H11N3. The zero-order valence-corrected chi connectivity index (χ0v) is 5.50. The molecule has 3 heteroatoms. The van der Waals surface area contributed by atoms with Crippen LogP contribution in [0.5, 0.6) is 0 Å². The minimum Gasteiger partial charge on any atom is -0.302 e. The predicted octanol–water partition coefficient (Wildman–Crippen LogP) is 0.582. The molecule has 3 nitrogen and oxygen atoms in total. The third kappa shape index (κ3) is 5.14. The van der Waals surface area contributed by atoms with Crippen molar-refractivity contribution in [3.8, 4) is 0 Å². The van der Waals surface area contributed by atoms with Crippen molar-refractivity contribution in [2.75, 3.05) is 14.1 Å². The van der Waals surface area contributed by atoms with E-state index in [1.807, 2.05) is 21.0 Å². The molecule has 0 spiro atoms.